The molecule has 0 atom stereocenters. The number of unbranched alkanes of at least 4 members (excludes halogenated alkanes) is 9. The van der Waals surface area contributed by atoms with Crippen molar-refractivity contribution in [2.45, 2.75) is 90.9 Å². The van der Waals surface area contributed by atoms with E-state index in [2.05, 4.69) is 12.2 Å². The van der Waals surface area contributed by atoms with Crippen LogP contribution in [0.4, 0.5) is 0 Å². The van der Waals surface area contributed by atoms with E-state index in [1.807, 2.05) is 0 Å². The number of rotatable bonds is 15. The number of ether oxygens (including phenoxy) is 1. The molecule has 0 rings (SSSR count). The van der Waals surface area contributed by atoms with Gasteiger partial charge >= 0.3 is 5.97 Å². The molecule has 128 valence electrons. The van der Waals surface area contributed by atoms with E-state index < -0.39 is 0 Å². The van der Waals surface area contributed by atoms with Gasteiger partial charge in [0.15, 0.2) is 0 Å². The predicted molar refractivity (Wildman–Crippen MR) is 91.9 cm³/mol. The summed E-state index contributed by atoms with van der Waals surface area (Å²) >= 11 is 0. The van der Waals surface area contributed by atoms with Gasteiger partial charge < -0.3 is 9.53 Å². The Kier molecular flexibility index (Phi) is 15.4. The number of carbonyl (C=O) groups is 2. The molecule has 0 aromatic carbocycles. The van der Waals surface area contributed by atoms with E-state index in [0.717, 1.165) is 38.5 Å². The number of ketones is 1. The van der Waals surface area contributed by atoms with Crippen LogP contribution in [0.3, 0.4) is 0 Å². The zero-order chi connectivity index (χ0) is 16.5. The van der Waals surface area contributed by atoms with E-state index in [0.29, 0.717) is 12.4 Å². The molecule has 3 nitrogen and oxygen atoms in total. The topological polar surface area (TPSA) is 43.4 Å². The SMILES string of the molecule is CC(=O)CCCCCC=CCCCCCCCCOC(C)=O. The number of esters is 1. The maximum absolute atomic E-state index is 10.8. The van der Waals surface area contributed by atoms with Crippen LogP contribution in [-0.4, -0.2) is 18.4 Å². The summed E-state index contributed by atoms with van der Waals surface area (Å²) in [5, 5.41) is 0. The van der Waals surface area contributed by atoms with Crippen LogP contribution >= 0.6 is 0 Å². The predicted octanol–water partition coefficient (Wildman–Crippen LogP) is 5.38. The maximum Gasteiger partial charge on any atom is 0.302 e. The standard InChI is InChI=1S/C19H34O3/c1-18(20)16-14-12-10-8-6-4-3-5-7-9-11-13-15-17-22-19(2)21/h4,6H,3,5,7-17H2,1-2H3. The normalized spacial score (nSPS) is 11.0. The van der Waals surface area contributed by atoms with Gasteiger partial charge in [0.25, 0.3) is 0 Å². The smallest absolute Gasteiger partial charge is 0.302 e. The van der Waals surface area contributed by atoms with Crippen molar-refractivity contribution in [3.63, 3.8) is 0 Å². The third kappa shape index (κ3) is 18.9. The van der Waals surface area contributed by atoms with Gasteiger partial charge in [0.1, 0.15) is 5.78 Å². The highest BCUT2D eigenvalue weighted by atomic mass is 16.5. The third-order valence-corrected chi connectivity index (χ3v) is 3.64. The highest BCUT2D eigenvalue weighted by molar-refractivity contribution is 5.75. The molecular weight excluding hydrogens is 276 g/mol. The lowest BCUT2D eigenvalue weighted by Gasteiger charge is -2.02. The average Bonchev–Trinajstić information content (AvgIpc) is 2.46. The van der Waals surface area contributed by atoms with Gasteiger partial charge in [0, 0.05) is 13.3 Å². The molecule has 0 heterocycles. The van der Waals surface area contributed by atoms with E-state index in [1.54, 1.807) is 6.92 Å². The van der Waals surface area contributed by atoms with E-state index in [9.17, 15) is 9.59 Å². The Morgan fingerprint density at radius 1 is 0.727 bits per heavy atom. The first-order chi connectivity index (χ1) is 10.6. The van der Waals surface area contributed by atoms with Crippen molar-refractivity contribution >= 4 is 11.8 Å². The van der Waals surface area contributed by atoms with Crippen LogP contribution in [0.1, 0.15) is 90.9 Å². The molecule has 0 radical (unpaired) electrons. The van der Waals surface area contributed by atoms with Gasteiger partial charge in [-0.3, -0.25) is 4.79 Å². The van der Waals surface area contributed by atoms with Crippen molar-refractivity contribution in [2.75, 3.05) is 6.61 Å². The van der Waals surface area contributed by atoms with Crippen LogP contribution in [0.25, 0.3) is 0 Å². The zero-order valence-electron chi connectivity index (χ0n) is 14.6. The fraction of sp³-hybridized carbons (Fsp3) is 0.789. The van der Waals surface area contributed by atoms with Gasteiger partial charge in [-0.05, 0) is 45.4 Å². The number of carbonyl (C=O) groups excluding carboxylic acids is 2. The molecule has 0 saturated carbocycles. The number of hydrogen-bond acceptors (Lipinski definition) is 3. The number of hydrogen-bond donors (Lipinski definition) is 0. The van der Waals surface area contributed by atoms with Gasteiger partial charge in [-0.2, -0.15) is 0 Å². The summed E-state index contributed by atoms with van der Waals surface area (Å²) in [4.78, 5) is 21.3. The Balaban J connectivity index is 3.11. The Bertz CT molecular complexity index is 308. The van der Waals surface area contributed by atoms with Gasteiger partial charge in [0.2, 0.25) is 0 Å². The lowest BCUT2D eigenvalue weighted by atomic mass is 10.1. The molecule has 0 aliphatic heterocycles. The molecule has 0 fully saturated rings. The Hall–Kier alpha value is -1.12. The summed E-state index contributed by atoms with van der Waals surface area (Å²) in [5.74, 6) is 0.132. The third-order valence-electron chi connectivity index (χ3n) is 3.64. The first kappa shape index (κ1) is 20.9. The quantitative estimate of drug-likeness (QED) is 0.232. The van der Waals surface area contributed by atoms with Crippen molar-refractivity contribution in [1.29, 1.82) is 0 Å². The van der Waals surface area contributed by atoms with Gasteiger partial charge in [-0.15, -0.1) is 0 Å². The molecule has 22 heavy (non-hydrogen) atoms. The van der Waals surface area contributed by atoms with Crippen LogP contribution in [0.2, 0.25) is 0 Å². The largest absolute Gasteiger partial charge is 0.466 e. The summed E-state index contributed by atoms with van der Waals surface area (Å²) in [6.07, 6.45) is 18.3. The molecule has 0 aromatic rings. The fourth-order valence-corrected chi connectivity index (χ4v) is 2.34. The van der Waals surface area contributed by atoms with Crippen molar-refractivity contribution in [1.82, 2.24) is 0 Å². The highest BCUT2D eigenvalue weighted by Crippen LogP contribution is 2.09. The summed E-state index contributed by atoms with van der Waals surface area (Å²) in [7, 11) is 0. The average molecular weight is 310 g/mol. The van der Waals surface area contributed by atoms with Gasteiger partial charge in [-0.25, -0.2) is 0 Å². The van der Waals surface area contributed by atoms with Crippen molar-refractivity contribution in [2.24, 2.45) is 0 Å². The van der Waals surface area contributed by atoms with Crippen molar-refractivity contribution < 1.29 is 14.3 Å². The van der Waals surface area contributed by atoms with E-state index in [1.165, 1.54) is 45.4 Å². The second-order valence-electron chi connectivity index (χ2n) is 6.02. The van der Waals surface area contributed by atoms with Gasteiger partial charge in [0.05, 0.1) is 6.61 Å². The Labute approximate surface area is 136 Å². The Morgan fingerprint density at radius 3 is 1.77 bits per heavy atom. The molecule has 0 bridgehead atoms. The number of Topliss-reactive ketones (excluding diaryl/α,β-unsaturated/α-hetero) is 1. The minimum atomic E-state index is -0.175. The molecule has 0 unspecified atom stereocenters. The molecule has 3 heteroatoms. The molecular formula is C19H34O3. The summed E-state index contributed by atoms with van der Waals surface area (Å²) in [5.41, 5.74) is 0. The second-order valence-corrected chi connectivity index (χ2v) is 6.02. The summed E-state index contributed by atoms with van der Waals surface area (Å²) in [6, 6.07) is 0. The fourth-order valence-electron chi connectivity index (χ4n) is 2.34. The van der Waals surface area contributed by atoms with E-state index in [-0.39, 0.29) is 5.97 Å². The highest BCUT2D eigenvalue weighted by Gasteiger charge is 1.94. The lowest BCUT2D eigenvalue weighted by Crippen LogP contribution is -1.99. The maximum atomic E-state index is 10.8. The minimum absolute atomic E-state index is 0.175. The van der Waals surface area contributed by atoms with Crippen molar-refractivity contribution in [3.8, 4) is 0 Å². The van der Waals surface area contributed by atoms with Crippen LogP contribution in [-0.2, 0) is 14.3 Å². The monoisotopic (exact) mass is 310 g/mol. The second kappa shape index (κ2) is 16.3. The molecule has 0 aromatic heterocycles. The molecule has 0 spiro atoms. The lowest BCUT2D eigenvalue weighted by molar-refractivity contribution is -0.141. The van der Waals surface area contributed by atoms with Crippen LogP contribution in [0.5, 0.6) is 0 Å². The first-order valence-electron chi connectivity index (χ1n) is 8.90. The van der Waals surface area contributed by atoms with Crippen molar-refractivity contribution in [3.05, 3.63) is 12.2 Å². The molecule has 0 amide bonds. The van der Waals surface area contributed by atoms with E-state index >= 15 is 0 Å². The van der Waals surface area contributed by atoms with E-state index in [4.69, 9.17) is 4.74 Å². The minimum Gasteiger partial charge on any atom is -0.466 e. The number of allylic oxidation sites excluding steroid dienone is 2. The molecule has 0 N–H and O–H groups in total. The van der Waals surface area contributed by atoms with Crippen LogP contribution in [0.15, 0.2) is 12.2 Å². The first-order valence-corrected chi connectivity index (χ1v) is 8.90. The summed E-state index contributed by atoms with van der Waals surface area (Å²) in [6.45, 7) is 3.70. The zero-order valence-corrected chi connectivity index (χ0v) is 14.6. The molecule has 0 aliphatic carbocycles. The molecule has 0 saturated heterocycles. The summed E-state index contributed by atoms with van der Waals surface area (Å²) < 4.78 is 4.90. The Morgan fingerprint density at radius 2 is 1.23 bits per heavy atom. The van der Waals surface area contributed by atoms with Crippen LogP contribution in [0, 0.1) is 0 Å². The van der Waals surface area contributed by atoms with Gasteiger partial charge in [-0.1, -0.05) is 44.3 Å². The molecule has 0 aliphatic rings. The van der Waals surface area contributed by atoms with Crippen LogP contribution < -0.4 is 0 Å².